The predicted octanol–water partition coefficient (Wildman–Crippen LogP) is 4.01. The summed E-state index contributed by atoms with van der Waals surface area (Å²) in [5, 5.41) is 14.5. The standard InChI is InChI=1S/C12H13Cl2N3S/c1-2-5-15-7-11-16-17-12(18-11)8-3-4-9(13)10(14)6-8/h3-4,6,15H,2,5,7H2,1H3. The minimum absolute atomic E-state index is 0.537. The van der Waals surface area contributed by atoms with Gasteiger partial charge in [0.1, 0.15) is 10.0 Å². The smallest absolute Gasteiger partial charge is 0.147 e. The molecule has 1 heterocycles. The Hall–Kier alpha value is -0.680. The highest BCUT2D eigenvalue weighted by Gasteiger charge is 2.08. The van der Waals surface area contributed by atoms with Gasteiger partial charge in [-0.2, -0.15) is 0 Å². The highest BCUT2D eigenvalue weighted by Crippen LogP contribution is 2.30. The molecule has 96 valence electrons. The van der Waals surface area contributed by atoms with E-state index >= 15 is 0 Å². The van der Waals surface area contributed by atoms with Gasteiger partial charge >= 0.3 is 0 Å². The fourth-order valence-electron chi connectivity index (χ4n) is 1.44. The number of nitrogens with one attached hydrogen (secondary N) is 1. The van der Waals surface area contributed by atoms with Crippen molar-refractivity contribution in [1.29, 1.82) is 0 Å². The minimum Gasteiger partial charge on any atom is -0.310 e. The van der Waals surface area contributed by atoms with Gasteiger partial charge in [-0.25, -0.2) is 0 Å². The molecule has 0 bridgehead atoms. The molecule has 0 amide bonds. The third kappa shape index (κ3) is 3.42. The Kier molecular flexibility index (Phi) is 4.95. The van der Waals surface area contributed by atoms with Crippen LogP contribution in [0.1, 0.15) is 18.4 Å². The lowest BCUT2D eigenvalue weighted by atomic mass is 10.2. The molecule has 0 unspecified atom stereocenters. The van der Waals surface area contributed by atoms with Crippen LogP contribution in [0.5, 0.6) is 0 Å². The van der Waals surface area contributed by atoms with Crippen LogP contribution < -0.4 is 5.32 Å². The lowest BCUT2D eigenvalue weighted by Crippen LogP contribution is -2.13. The maximum atomic E-state index is 5.99. The van der Waals surface area contributed by atoms with E-state index in [0.717, 1.165) is 35.1 Å². The van der Waals surface area contributed by atoms with Gasteiger partial charge in [-0.05, 0) is 25.1 Å². The van der Waals surface area contributed by atoms with Gasteiger partial charge in [0.2, 0.25) is 0 Å². The molecule has 0 spiro atoms. The number of hydrogen-bond donors (Lipinski definition) is 1. The summed E-state index contributed by atoms with van der Waals surface area (Å²) in [6.07, 6.45) is 1.11. The summed E-state index contributed by atoms with van der Waals surface area (Å²) < 4.78 is 0. The number of halogens is 2. The van der Waals surface area contributed by atoms with Gasteiger partial charge in [-0.1, -0.05) is 47.5 Å². The highest BCUT2D eigenvalue weighted by molar-refractivity contribution is 7.14. The molecule has 0 saturated carbocycles. The quantitative estimate of drug-likeness (QED) is 0.848. The minimum atomic E-state index is 0.537. The molecule has 1 aromatic heterocycles. The van der Waals surface area contributed by atoms with E-state index in [1.54, 1.807) is 17.4 Å². The van der Waals surface area contributed by atoms with Gasteiger partial charge in [0.05, 0.1) is 10.0 Å². The van der Waals surface area contributed by atoms with Crippen LogP contribution in [-0.2, 0) is 6.54 Å². The maximum Gasteiger partial charge on any atom is 0.147 e. The Morgan fingerprint density at radius 1 is 1.22 bits per heavy atom. The second-order valence-electron chi connectivity index (χ2n) is 3.81. The monoisotopic (exact) mass is 301 g/mol. The summed E-state index contributed by atoms with van der Waals surface area (Å²) in [5.41, 5.74) is 0.948. The number of benzene rings is 1. The summed E-state index contributed by atoms with van der Waals surface area (Å²) in [6, 6.07) is 5.49. The zero-order chi connectivity index (χ0) is 13.0. The molecule has 6 heteroatoms. The fourth-order valence-corrected chi connectivity index (χ4v) is 2.55. The van der Waals surface area contributed by atoms with Crippen molar-refractivity contribution in [3.63, 3.8) is 0 Å². The third-order valence-electron chi connectivity index (χ3n) is 2.34. The van der Waals surface area contributed by atoms with Crippen LogP contribution in [0.3, 0.4) is 0 Å². The van der Waals surface area contributed by atoms with E-state index in [4.69, 9.17) is 23.2 Å². The molecule has 3 nitrogen and oxygen atoms in total. The van der Waals surface area contributed by atoms with Crippen LogP contribution in [0.2, 0.25) is 10.0 Å². The molecule has 18 heavy (non-hydrogen) atoms. The molecule has 2 rings (SSSR count). The molecular weight excluding hydrogens is 289 g/mol. The van der Waals surface area contributed by atoms with Crippen molar-refractivity contribution in [3.05, 3.63) is 33.3 Å². The van der Waals surface area contributed by atoms with Crippen LogP contribution in [0.15, 0.2) is 18.2 Å². The number of aromatic nitrogens is 2. The molecule has 0 aliphatic carbocycles. The maximum absolute atomic E-state index is 5.99. The van der Waals surface area contributed by atoms with Crippen molar-refractivity contribution in [2.24, 2.45) is 0 Å². The normalized spacial score (nSPS) is 10.8. The van der Waals surface area contributed by atoms with Gasteiger partial charge in [0.15, 0.2) is 0 Å². The summed E-state index contributed by atoms with van der Waals surface area (Å²) in [5.74, 6) is 0. The first-order chi connectivity index (χ1) is 8.70. The first kappa shape index (κ1) is 13.7. The average Bonchev–Trinajstić information content (AvgIpc) is 2.82. The van der Waals surface area contributed by atoms with Crippen molar-refractivity contribution in [1.82, 2.24) is 15.5 Å². The molecule has 0 fully saturated rings. The van der Waals surface area contributed by atoms with E-state index in [9.17, 15) is 0 Å². The van der Waals surface area contributed by atoms with E-state index in [0.29, 0.717) is 10.0 Å². The molecule has 1 N–H and O–H groups in total. The van der Waals surface area contributed by atoms with E-state index < -0.39 is 0 Å². The Morgan fingerprint density at radius 2 is 2.06 bits per heavy atom. The Morgan fingerprint density at radius 3 is 2.78 bits per heavy atom. The van der Waals surface area contributed by atoms with Gasteiger partial charge in [0, 0.05) is 12.1 Å². The van der Waals surface area contributed by atoms with Crippen LogP contribution in [-0.4, -0.2) is 16.7 Å². The Bertz CT molecular complexity index is 528. The Balaban J connectivity index is 2.11. The Labute approximate surface area is 120 Å². The fraction of sp³-hybridized carbons (Fsp3) is 0.333. The van der Waals surface area contributed by atoms with Crippen molar-refractivity contribution < 1.29 is 0 Å². The second-order valence-corrected chi connectivity index (χ2v) is 5.68. The van der Waals surface area contributed by atoms with Gasteiger partial charge in [-0.15, -0.1) is 10.2 Å². The summed E-state index contributed by atoms with van der Waals surface area (Å²) in [7, 11) is 0. The largest absolute Gasteiger partial charge is 0.310 e. The van der Waals surface area contributed by atoms with Crippen LogP contribution in [0, 0.1) is 0 Å². The highest BCUT2D eigenvalue weighted by atomic mass is 35.5. The average molecular weight is 302 g/mol. The molecule has 0 aliphatic heterocycles. The van der Waals surface area contributed by atoms with E-state index in [1.165, 1.54) is 0 Å². The molecule has 0 radical (unpaired) electrons. The van der Waals surface area contributed by atoms with Crippen molar-refractivity contribution >= 4 is 34.5 Å². The van der Waals surface area contributed by atoms with Crippen LogP contribution in [0.25, 0.3) is 10.6 Å². The van der Waals surface area contributed by atoms with Crippen LogP contribution in [0.4, 0.5) is 0 Å². The third-order valence-corrected chi connectivity index (χ3v) is 4.05. The number of hydrogen-bond acceptors (Lipinski definition) is 4. The SMILES string of the molecule is CCCNCc1nnc(-c2ccc(Cl)c(Cl)c2)s1. The number of rotatable bonds is 5. The van der Waals surface area contributed by atoms with Gasteiger partial charge in [0.25, 0.3) is 0 Å². The van der Waals surface area contributed by atoms with Crippen molar-refractivity contribution in [2.45, 2.75) is 19.9 Å². The molecule has 0 aliphatic rings. The zero-order valence-electron chi connectivity index (χ0n) is 9.91. The summed E-state index contributed by atoms with van der Waals surface area (Å²) >= 11 is 13.4. The first-order valence-electron chi connectivity index (χ1n) is 5.69. The van der Waals surface area contributed by atoms with Crippen LogP contribution >= 0.6 is 34.5 Å². The topological polar surface area (TPSA) is 37.8 Å². The molecule has 0 atom stereocenters. The molecule has 1 aromatic carbocycles. The molecular formula is C12H13Cl2N3S. The zero-order valence-corrected chi connectivity index (χ0v) is 12.2. The second kappa shape index (κ2) is 6.48. The van der Waals surface area contributed by atoms with E-state index in [2.05, 4.69) is 22.4 Å². The molecule has 0 saturated heterocycles. The van der Waals surface area contributed by atoms with E-state index in [1.807, 2.05) is 12.1 Å². The lowest BCUT2D eigenvalue weighted by Gasteiger charge is -1.98. The first-order valence-corrected chi connectivity index (χ1v) is 7.26. The predicted molar refractivity (Wildman–Crippen MR) is 77.4 cm³/mol. The lowest BCUT2D eigenvalue weighted by molar-refractivity contribution is 0.668. The van der Waals surface area contributed by atoms with Crippen molar-refractivity contribution in [2.75, 3.05) is 6.54 Å². The summed E-state index contributed by atoms with van der Waals surface area (Å²) in [6.45, 7) is 3.88. The number of nitrogens with zero attached hydrogens (tertiary/aromatic N) is 2. The van der Waals surface area contributed by atoms with E-state index in [-0.39, 0.29) is 0 Å². The molecule has 2 aromatic rings. The van der Waals surface area contributed by atoms with Crippen molar-refractivity contribution in [3.8, 4) is 10.6 Å². The van der Waals surface area contributed by atoms with Gasteiger partial charge < -0.3 is 5.32 Å². The summed E-state index contributed by atoms with van der Waals surface area (Å²) in [4.78, 5) is 0. The van der Waals surface area contributed by atoms with Gasteiger partial charge in [-0.3, -0.25) is 0 Å².